The van der Waals surface area contributed by atoms with E-state index in [-0.39, 0.29) is 5.78 Å². The quantitative estimate of drug-likeness (QED) is 0.674. The summed E-state index contributed by atoms with van der Waals surface area (Å²) in [4.78, 5) is 13.9. The van der Waals surface area contributed by atoms with Crippen molar-refractivity contribution in [1.29, 1.82) is 0 Å². The van der Waals surface area contributed by atoms with Crippen LogP contribution in [0, 0.1) is 0 Å². The van der Waals surface area contributed by atoms with Crippen molar-refractivity contribution in [2.24, 2.45) is 0 Å². The maximum absolute atomic E-state index is 11.8. The summed E-state index contributed by atoms with van der Waals surface area (Å²) in [5, 5.41) is 0. The summed E-state index contributed by atoms with van der Waals surface area (Å²) >= 11 is 6.84. The van der Waals surface area contributed by atoms with Gasteiger partial charge in [0.1, 0.15) is 0 Å². The molecule has 0 saturated heterocycles. The van der Waals surface area contributed by atoms with Crippen molar-refractivity contribution in [1.82, 2.24) is 0 Å². The fourth-order valence-corrected chi connectivity index (χ4v) is 2.70. The summed E-state index contributed by atoms with van der Waals surface area (Å²) in [5.41, 5.74) is 2.88. The van der Waals surface area contributed by atoms with Crippen LogP contribution in [-0.4, -0.2) is 12.8 Å². The van der Waals surface area contributed by atoms with Crippen molar-refractivity contribution in [3.05, 3.63) is 62.5 Å². The Hall–Kier alpha value is -1.13. The Bertz CT molecular complexity index is 623. The predicted octanol–water partition coefficient (Wildman–Crippen LogP) is 5.05. The van der Waals surface area contributed by atoms with Gasteiger partial charge in [-0.3, -0.25) is 4.79 Å². The Morgan fingerprint density at radius 1 is 1.05 bits per heavy atom. The van der Waals surface area contributed by atoms with Gasteiger partial charge in [0.05, 0.1) is 0 Å². The van der Waals surface area contributed by atoms with E-state index in [2.05, 4.69) is 48.9 Å². The van der Waals surface area contributed by atoms with Gasteiger partial charge in [-0.25, -0.2) is 0 Å². The van der Waals surface area contributed by atoms with Gasteiger partial charge in [0, 0.05) is 33.8 Å². The van der Waals surface area contributed by atoms with Crippen LogP contribution in [0.1, 0.15) is 22.8 Å². The third-order valence-electron chi connectivity index (χ3n) is 3.08. The van der Waals surface area contributed by atoms with Gasteiger partial charge in [0.15, 0.2) is 5.78 Å². The first-order chi connectivity index (χ1) is 9.47. The van der Waals surface area contributed by atoms with E-state index in [0.29, 0.717) is 0 Å². The number of nitrogens with zero attached hydrogens (tertiary/aromatic N) is 1. The number of hydrogen-bond acceptors (Lipinski definition) is 2. The molecule has 0 unspecified atom stereocenters. The molecule has 2 nitrogen and oxygen atoms in total. The highest BCUT2D eigenvalue weighted by molar-refractivity contribution is 9.10. The normalized spacial score (nSPS) is 10.4. The molecule has 0 aromatic heterocycles. The fraction of sp³-hybridized carbons (Fsp3) is 0.188. The summed E-state index contributed by atoms with van der Waals surface area (Å²) < 4.78 is 1.99. The van der Waals surface area contributed by atoms with E-state index in [1.54, 1.807) is 6.92 Å². The highest BCUT2D eigenvalue weighted by Gasteiger charge is 2.12. The lowest BCUT2D eigenvalue weighted by atomic mass is 10.1. The van der Waals surface area contributed by atoms with E-state index in [1.807, 2.05) is 37.4 Å². The highest BCUT2D eigenvalue weighted by atomic mass is 79.9. The summed E-state index contributed by atoms with van der Waals surface area (Å²) in [7, 11) is 2.00. The van der Waals surface area contributed by atoms with Crippen molar-refractivity contribution in [2.45, 2.75) is 13.5 Å². The number of halogens is 2. The molecule has 20 heavy (non-hydrogen) atoms. The molecule has 0 N–H and O–H groups in total. The van der Waals surface area contributed by atoms with Gasteiger partial charge in [-0.2, -0.15) is 0 Å². The topological polar surface area (TPSA) is 20.3 Å². The minimum atomic E-state index is 0.0731. The lowest BCUT2D eigenvalue weighted by Crippen LogP contribution is -2.18. The zero-order chi connectivity index (χ0) is 14.7. The van der Waals surface area contributed by atoms with Gasteiger partial charge >= 0.3 is 0 Å². The third-order valence-corrected chi connectivity index (χ3v) is 4.10. The largest absolute Gasteiger partial charge is 0.370 e. The molecule has 0 radical (unpaired) electrons. The van der Waals surface area contributed by atoms with E-state index in [1.165, 1.54) is 5.56 Å². The second-order valence-corrected chi connectivity index (χ2v) is 6.53. The SMILES string of the molecule is CC(=O)c1cc(Br)ccc1N(C)Cc1ccc(Br)cc1. The lowest BCUT2D eigenvalue weighted by Gasteiger charge is -2.22. The molecular weight excluding hydrogens is 382 g/mol. The summed E-state index contributed by atoms with van der Waals surface area (Å²) in [6.45, 7) is 2.36. The highest BCUT2D eigenvalue weighted by Crippen LogP contribution is 2.25. The molecule has 0 aliphatic rings. The number of rotatable bonds is 4. The first-order valence-corrected chi connectivity index (χ1v) is 7.82. The van der Waals surface area contributed by atoms with Gasteiger partial charge in [-0.05, 0) is 42.8 Å². The average Bonchev–Trinajstić information content (AvgIpc) is 2.41. The van der Waals surface area contributed by atoms with Gasteiger partial charge in [0.25, 0.3) is 0 Å². The molecule has 2 rings (SSSR count). The zero-order valence-corrected chi connectivity index (χ0v) is 14.5. The standard InChI is InChI=1S/C16H15Br2NO/c1-11(20)15-9-14(18)7-8-16(15)19(2)10-12-3-5-13(17)6-4-12/h3-9H,10H2,1-2H3. The van der Waals surface area contributed by atoms with Crippen LogP contribution in [-0.2, 0) is 6.54 Å². The van der Waals surface area contributed by atoms with Crippen molar-refractivity contribution >= 4 is 43.3 Å². The Labute approximate surface area is 136 Å². The summed E-state index contributed by atoms with van der Waals surface area (Å²) in [6, 6.07) is 14.0. The van der Waals surface area contributed by atoms with E-state index >= 15 is 0 Å². The Morgan fingerprint density at radius 2 is 1.65 bits per heavy atom. The maximum atomic E-state index is 11.8. The van der Waals surface area contributed by atoms with E-state index in [4.69, 9.17) is 0 Å². The molecule has 0 amide bonds. The van der Waals surface area contributed by atoms with Crippen LogP contribution >= 0.6 is 31.9 Å². The van der Waals surface area contributed by atoms with Crippen molar-refractivity contribution in [2.75, 3.05) is 11.9 Å². The predicted molar refractivity (Wildman–Crippen MR) is 90.4 cm³/mol. The number of Topliss-reactive ketones (excluding diaryl/α,β-unsaturated/α-hetero) is 1. The fourth-order valence-electron chi connectivity index (χ4n) is 2.07. The maximum Gasteiger partial charge on any atom is 0.161 e. The Balaban J connectivity index is 2.27. The third kappa shape index (κ3) is 3.70. The van der Waals surface area contributed by atoms with Crippen LogP contribution in [0.25, 0.3) is 0 Å². The molecule has 0 aliphatic heterocycles. The first kappa shape index (κ1) is 15.3. The summed E-state index contributed by atoms with van der Waals surface area (Å²) in [6.07, 6.45) is 0. The monoisotopic (exact) mass is 395 g/mol. The van der Waals surface area contributed by atoms with Gasteiger partial charge in [-0.1, -0.05) is 44.0 Å². The number of hydrogen-bond donors (Lipinski definition) is 0. The molecule has 4 heteroatoms. The van der Waals surface area contributed by atoms with Crippen LogP contribution in [0.3, 0.4) is 0 Å². The summed E-state index contributed by atoms with van der Waals surface area (Å²) in [5.74, 6) is 0.0731. The number of benzene rings is 2. The molecular formula is C16H15Br2NO. The molecule has 0 aliphatic carbocycles. The Morgan fingerprint density at radius 3 is 2.25 bits per heavy atom. The molecule has 2 aromatic carbocycles. The lowest BCUT2D eigenvalue weighted by molar-refractivity contribution is 0.101. The number of carbonyl (C=O) groups excluding carboxylic acids is 1. The van der Waals surface area contributed by atoms with E-state index in [0.717, 1.165) is 26.7 Å². The van der Waals surface area contributed by atoms with Crippen LogP contribution < -0.4 is 4.90 Å². The first-order valence-electron chi connectivity index (χ1n) is 6.23. The number of anilines is 1. The zero-order valence-electron chi connectivity index (χ0n) is 11.4. The van der Waals surface area contributed by atoms with Crippen LogP contribution in [0.4, 0.5) is 5.69 Å². The van der Waals surface area contributed by atoms with Gasteiger partial charge in [-0.15, -0.1) is 0 Å². The van der Waals surface area contributed by atoms with Crippen molar-refractivity contribution in [3.63, 3.8) is 0 Å². The van der Waals surface area contributed by atoms with E-state index < -0.39 is 0 Å². The molecule has 0 fully saturated rings. The number of carbonyl (C=O) groups is 1. The molecule has 104 valence electrons. The number of ketones is 1. The van der Waals surface area contributed by atoms with Crippen LogP contribution in [0.15, 0.2) is 51.4 Å². The average molecular weight is 397 g/mol. The molecule has 2 aromatic rings. The molecule has 0 atom stereocenters. The van der Waals surface area contributed by atoms with Gasteiger partial charge in [0.2, 0.25) is 0 Å². The second-order valence-electron chi connectivity index (χ2n) is 4.70. The second kappa shape index (κ2) is 6.55. The van der Waals surface area contributed by atoms with Crippen LogP contribution in [0.2, 0.25) is 0 Å². The van der Waals surface area contributed by atoms with E-state index in [9.17, 15) is 4.79 Å². The Kier molecular flexibility index (Phi) is 5.00. The molecule has 0 bridgehead atoms. The smallest absolute Gasteiger partial charge is 0.161 e. The van der Waals surface area contributed by atoms with Gasteiger partial charge < -0.3 is 4.90 Å². The molecule has 0 spiro atoms. The van der Waals surface area contributed by atoms with Crippen molar-refractivity contribution in [3.8, 4) is 0 Å². The minimum absolute atomic E-state index is 0.0731. The van der Waals surface area contributed by atoms with Crippen LogP contribution in [0.5, 0.6) is 0 Å². The molecule has 0 saturated carbocycles. The molecule has 0 heterocycles. The van der Waals surface area contributed by atoms with Crippen molar-refractivity contribution < 1.29 is 4.79 Å². The minimum Gasteiger partial charge on any atom is -0.370 e.